The van der Waals surface area contributed by atoms with Gasteiger partial charge >= 0.3 is 0 Å². The smallest absolute Gasteiger partial charge is 0.206 e. The monoisotopic (exact) mass is 375 g/mol. The zero-order valence-corrected chi connectivity index (χ0v) is 15.3. The lowest BCUT2D eigenvalue weighted by molar-refractivity contribution is 0.475. The molecule has 0 aliphatic rings. The summed E-state index contributed by atoms with van der Waals surface area (Å²) in [5, 5.41) is 18.9. The molecule has 0 aliphatic heterocycles. The zero-order valence-electron chi connectivity index (χ0n) is 14.4. The van der Waals surface area contributed by atoms with Gasteiger partial charge in [-0.3, -0.25) is 4.99 Å². The Bertz CT molecular complexity index is 1180. The lowest BCUT2D eigenvalue weighted by atomic mass is 10.0. The average molecular weight is 375 g/mol. The highest BCUT2D eigenvalue weighted by atomic mass is 32.1. The van der Waals surface area contributed by atoms with Crippen molar-refractivity contribution in [1.82, 2.24) is 4.68 Å². The Morgan fingerprint density at radius 3 is 2.85 bits per heavy atom. The van der Waals surface area contributed by atoms with Gasteiger partial charge in [-0.05, 0) is 29.0 Å². The normalized spacial score (nSPS) is 12.2. The highest BCUT2D eigenvalue weighted by Gasteiger charge is 2.10. The number of phenolic OH excluding ortho intramolecular Hbond substituents is 1. The van der Waals surface area contributed by atoms with Gasteiger partial charge in [0.15, 0.2) is 5.76 Å². The van der Waals surface area contributed by atoms with Gasteiger partial charge in [0, 0.05) is 10.9 Å². The van der Waals surface area contributed by atoms with Gasteiger partial charge in [0.2, 0.25) is 4.80 Å². The van der Waals surface area contributed by atoms with Gasteiger partial charge in [0.25, 0.3) is 0 Å². The summed E-state index contributed by atoms with van der Waals surface area (Å²) in [5.41, 5.74) is 1.45. The summed E-state index contributed by atoms with van der Waals surface area (Å²) in [6.07, 6.45) is 5.01. The van der Waals surface area contributed by atoms with Gasteiger partial charge in [-0.25, -0.2) is 4.68 Å². The number of hydrogen-bond donors (Lipinski definition) is 1. The van der Waals surface area contributed by atoms with E-state index in [-0.39, 0.29) is 5.75 Å². The molecule has 4 rings (SSSR count). The van der Waals surface area contributed by atoms with Crippen LogP contribution in [0.15, 0.2) is 87.3 Å². The molecule has 6 heteroatoms. The first-order chi connectivity index (χ1) is 13.3. The molecule has 0 spiro atoms. The highest BCUT2D eigenvalue weighted by Crippen LogP contribution is 2.26. The summed E-state index contributed by atoms with van der Waals surface area (Å²) in [7, 11) is 0. The molecular weight excluding hydrogens is 358 g/mol. The first-order valence-corrected chi connectivity index (χ1v) is 9.27. The van der Waals surface area contributed by atoms with Gasteiger partial charge in [-0.2, -0.15) is 5.10 Å². The number of benzene rings is 2. The Balaban J connectivity index is 1.86. The van der Waals surface area contributed by atoms with Crippen LogP contribution in [0.4, 0.5) is 0 Å². The molecule has 0 saturated heterocycles. The lowest BCUT2D eigenvalue weighted by Crippen LogP contribution is -2.12. The molecule has 0 amide bonds. The van der Waals surface area contributed by atoms with Gasteiger partial charge in [-0.1, -0.05) is 36.4 Å². The van der Waals surface area contributed by atoms with Crippen LogP contribution in [0.1, 0.15) is 5.56 Å². The number of furan rings is 1. The zero-order chi connectivity index (χ0) is 18.6. The minimum atomic E-state index is 0.178. The molecule has 0 unspecified atom stereocenters. The lowest BCUT2D eigenvalue weighted by Gasteiger charge is -2.05. The van der Waals surface area contributed by atoms with E-state index < -0.39 is 0 Å². The van der Waals surface area contributed by atoms with Crippen molar-refractivity contribution in [2.24, 2.45) is 10.1 Å². The molecule has 134 valence electrons. The van der Waals surface area contributed by atoms with E-state index in [2.05, 4.69) is 16.7 Å². The summed E-state index contributed by atoms with van der Waals surface area (Å²) in [5.74, 6) is 0.878. The van der Waals surface area contributed by atoms with E-state index in [1.807, 2.05) is 47.8 Å². The van der Waals surface area contributed by atoms with Crippen LogP contribution < -0.4 is 4.80 Å². The van der Waals surface area contributed by atoms with Crippen LogP contribution >= 0.6 is 11.3 Å². The summed E-state index contributed by atoms with van der Waals surface area (Å²) in [4.78, 5) is 5.22. The predicted molar refractivity (Wildman–Crippen MR) is 109 cm³/mol. The molecule has 2 heterocycles. The fourth-order valence-electron chi connectivity index (χ4n) is 2.79. The minimum absolute atomic E-state index is 0.178. The number of aromatic hydroxyl groups is 1. The van der Waals surface area contributed by atoms with Crippen molar-refractivity contribution in [1.29, 1.82) is 0 Å². The number of thiazole rings is 1. The third kappa shape index (κ3) is 3.35. The van der Waals surface area contributed by atoms with Crippen LogP contribution in [0.5, 0.6) is 5.75 Å². The summed E-state index contributed by atoms with van der Waals surface area (Å²) in [6, 6.07) is 15.1. The third-order valence-electron chi connectivity index (χ3n) is 4.06. The average Bonchev–Trinajstić information content (AvgIpc) is 3.35. The maximum Gasteiger partial charge on any atom is 0.206 e. The van der Waals surface area contributed by atoms with E-state index in [4.69, 9.17) is 4.42 Å². The van der Waals surface area contributed by atoms with Crippen molar-refractivity contribution >= 4 is 28.3 Å². The molecule has 2 aromatic carbocycles. The standard InChI is InChI=1S/C21H17N3O2S/c1-2-11-22-21-24(18(14-27-21)20-8-5-12-26-20)23-13-17-16-7-4-3-6-15(16)9-10-19(17)25/h2-10,12-14,25H,1,11H2. The molecule has 2 aromatic heterocycles. The molecule has 0 saturated carbocycles. The Labute approximate surface area is 159 Å². The largest absolute Gasteiger partial charge is 0.507 e. The topological polar surface area (TPSA) is 63.0 Å². The SMILES string of the molecule is C=CCN=c1scc(-c2ccco2)n1N=Cc1c(O)ccc2ccccc12. The Morgan fingerprint density at radius 2 is 2.04 bits per heavy atom. The van der Waals surface area contributed by atoms with Crippen LogP contribution in [0.3, 0.4) is 0 Å². The molecule has 0 atom stereocenters. The van der Waals surface area contributed by atoms with Crippen molar-refractivity contribution in [3.63, 3.8) is 0 Å². The fourth-order valence-corrected chi connectivity index (χ4v) is 3.62. The fraction of sp³-hybridized carbons (Fsp3) is 0.0476. The van der Waals surface area contributed by atoms with E-state index in [1.165, 1.54) is 11.3 Å². The Kier molecular flexibility index (Phi) is 4.72. The van der Waals surface area contributed by atoms with Gasteiger partial charge in [0.05, 0.1) is 19.0 Å². The molecule has 0 fully saturated rings. The Hall–Kier alpha value is -3.38. The van der Waals surface area contributed by atoms with Crippen molar-refractivity contribution in [3.8, 4) is 17.2 Å². The number of rotatable bonds is 5. The number of fused-ring (bicyclic) bond motifs is 1. The van der Waals surface area contributed by atoms with Crippen LogP contribution in [-0.2, 0) is 0 Å². The number of hydrogen-bond acceptors (Lipinski definition) is 5. The van der Waals surface area contributed by atoms with E-state index >= 15 is 0 Å². The first-order valence-electron chi connectivity index (χ1n) is 8.39. The second-order valence-electron chi connectivity index (χ2n) is 5.79. The maximum atomic E-state index is 10.3. The van der Waals surface area contributed by atoms with Crippen LogP contribution in [0.2, 0.25) is 0 Å². The molecule has 0 aliphatic carbocycles. The molecule has 1 N–H and O–H groups in total. The van der Waals surface area contributed by atoms with Gasteiger partial charge < -0.3 is 9.52 Å². The van der Waals surface area contributed by atoms with Crippen molar-refractivity contribution in [3.05, 3.63) is 83.2 Å². The molecular formula is C21H17N3O2S. The minimum Gasteiger partial charge on any atom is -0.507 e. The van der Waals surface area contributed by atoms with Gasteiger partial charge in [-0.15, -0.1) is 17.9 Å². The van der Waals surface area contributed by atoms with E-state index in [1.54, 1.807) is 29.3 Å². The van der Waals surface area contributed by atoms with E-state index in [0.29, 0.717) is 17.9 Å². The second-order valence-corrected chi connectivity index (χ2v) is 6.62. The molecule has 4 aromatic rings. The van der Waals surface area contributed by atoms with Crippen LogP contribution in [0, 0.1) is 0 Å². The summed E-state index contributed by atoms with van der Waals surface area (Å²) in [6.45, 7) is 4.21. The van der Waals surface area contributed by atoms with Crippen molar-refractivity contribution in [2.45, 2.75) is 0 Å². The maximum absolute atomic E-state index is 10.3. The molecule has 27 heavy (non-hydrogen) atoms. The quantitative estimate of drug-likeness (QED) is 0.408. The molecule has 0 bridgehead atoms. The number of aromatic nitrogens is 1. The molecule has 0 radical (unpaired) electrons. The number of phenols is 1. The van der Waals surface area contributed by atoms with Crippen molar-refractivity contribution < 1.29 is 9.52 Å². The van der Waals surface area contributed by atoms with Crippen LogP contribution in [0.25, 0.3) is 22.2 Å². The number of nitrogens with zero attached hydrogens (tertiary/aromatic N) is 3. The summed E-state index contributed by atoms with van der Waals surface area (Å²) < 4.78 is 7.24. The molecule has 5 nitrogen and oxygen atoms in total. The first kappa shape index (κ1) is 17.1. The third-order valence-corrected chi connectivity index (χ3v) is 4.92. The van der Waals surface area contributed by atoms with Crippen LogP contribution in [-0.4, -0.2) is 22.5 Å². The summed E-state index contributed by atoms with van der Waals surface area (Å²) >= 11 is 1.47. The highest BCUT2D eigenvalue weighted by molar-refractivity contribution is 7.07. The second kappa shape index (κ2) is 7.47. The van der Waals surface area contributed by atoms with Gasteiger partial charge in [0.1, 0.15) is 11.4 Å². The Morgan fingerprint density at radius 1 is 1.15 bits per heavy atom. The van der Waals surface area contributed by atoms with Crippen molar-refractivity contribution in [2.75, 3.05) is 6.54 Å². The predicted octanol–water partition coefficient (Wildman–Crippen LogP) is 4.64. The van der Waals surface area contributed by atoms with E-state index in [9.17, 15) is 5.11 Å². The van der Waals surface area contributed by atoms with E-state index in [0.717, 1.165) is 21.3 Å².